The highest BCUT2D eigenvalue weighted by Gasteiger charge is 2.32. The van der Waals surface area contributed by atoms with Gasteiger partial charge in [0.05, 0.1) is 6.04 Å². The van der Waals surface area contributed by atoms with Crippen molar-refractivity contribution in [2.24, 2.45) is 0 Å². The molecular weight excluding hydrogens is 362 g/mol. The molecule has 0 spiro atoms. The molecule has 1 aromatic rings. The summed E-state index contributed by atoms with van der Waals surface area (Å²) < 4.78 is 5.33. The van der Waals surface area contributed by atoms with E-state index in [1.165, 1.54) is 10.4 Å². The lowest BCUT2D eigenvalue weighted by Gasteiger charge is -2.38. The average Bonchev–Trinajstić information content (AvgIpc) is 3.07. The van der Waals surface area contributed by atoms with Crippen molar-refractivity contribution in [1.29, 1.82) is 0 Å². The monoisotopic (exact) mass is 393 g/mol. The first-order valence-corrected chi connectivity index (χ1v) is 10.7. The van der Waals surface area contributed by atoms with Crippen molar-refractivity contribution in [3.8, 4) is 0 Å². The molecule has 0 radical (unpaired) electrons. The minimum absolute atomic E-state index is 0.113. The predicted molar refractivity (Wildman–Crippen MR) is 107 cm³/mol. The second kappa shape index (κ2) is 8.19. The van der Waals surface area contributed by atoms with E-state index in [9.17, 15) is 9.59 Å². The van der Waals surface area contributed by atoms with Gasteiger partial charge in [-0.3, -0.25) is 9.69 Å². The van der Waals surface area contributed by atoms with Gasteiger partial charge >= 0.3 is 6.09 Å². The second-order valence-electron chi connectivity index (χ2n) is 8.51. The van der Waals surface area contributed by atoms with E-state index in [2.05, 4.69) is 21.7 Å². The zero-order valence-corrected chi connectivity index (χ0v) is 17.6. The highest BCUT2D eigenvalue weighted by atomic mass is 32.1. The summed E-state index contributed by atoms with van der Waals surface area (Å²) >= 11 is 1.79. The zero-order chi connectivity index (χ0) is 19.6. The predicted octanol–water partition coefficient (Wildman–Crippen LogP) is 3.01. The molecule has 1 unspecified atom stereocenters. The number of alkyl carbamates (subject to hydrolysis) is 1. The highest BCUT2D eigenvalue weighted by Crippen LogP contribution is 2.25. The summed E-state index contributed by atoms with van der Waals surface area (Å²) in [4.78, 5) is 30.5. The largest absolute Gasteiger partial charge is 0.444 e. The fourth-order valence-corrected chi connectivity index (χ4v) is 4.65. The third-order valence-electron chi connectivity index (χ3n) is 5.27. The molecule has 0 bridgehead atoms. The molecule has 0 aromatic carbocycles. The van der Waals surface area contributed by atoms with Crippen LogP contribution in [0.2, 0.25) is 0 Å². The van der Waals surface area contributed by atoms with E-state index >= 15 is 0 Å². The number of nitrogens with one attached hydrogen (secondary N) is 1. The third kappa shape index (κ3) is 5.23. The van der Waals surface area contributed by atoms with E-state index in [4.69, 9.17) is 4.74 Å². The Morgan fingerprint density at radius 2 is 1.96 bits per heavy atom. The van der Waals surface area contributed by atoms with Crippen LogP contribution in [0.25, 0.3) is 0 Å². The number of carbonyl (C=O) groups is 2. The van der Waals surface area contributed by atoms with Crippen molar-refractivity contribution in [2.75, 3.05) is 19.6 Å². The van der Waals surface area contributed by atoms with Crippen LogP contribution in [-0.4, -0.2) is 59.1 Å². The molecule has 7 heteroatoms. The fraction of sp³-hybridized carbons (Fsp3) is 0.700. The molecule has 0 aliphatic carbocycles. The lowest BCUT2D eigenvalue weighted by molar-refractivity contribution is -0.137. The number of rotatable bonds is 3. The average molecular weight is 394 g/mol. The topological polar surface area (TPSA) is 61.9 Å². The molecule has 150 valence electrons. The van der Waals surface area contributed by atoms with Gasteiger partial charge < -0.3 is 15.0 Å². The maximum absolute atomic E-state index is 12.9. The van der Waals surface area contributed by atoms with Crippen LogP contribution in [-0.2, 0) is 22.5 Å². The molecule has 1 aromatic heterocycles. The molecule has 3 rings (SSSR count). The number of fused-ring (bicyclic) bond motifs is 1. The van der Waals surface area contributed by atoms with Gasteiger partial charge in [0.1, 0.15) is 5.60 Å². The minimum atomic E-state index is -0.484. The molecule has 3 heterocycles. The van der Waals surface area contributed by atoms with E-state index in [0.717, 1.165) is 45.4 Å². The first-order chi connectivity index (χ1) is 12.7. The van der Waals surface area contributed by atoms with Crippen molar-refractivity contribution in [1.82, 2.24) is 15.1 Å². The maximum atomic E-state index is 12.9. The molecule has 1 saturated heterocycles. The Kier molecular flexibility index (Phi) is 6.11. The molecule has 6 nitrogen and oxygen atoms in total. The van der Waals surface area contributed by atoms with Crippen LogP contribution in [0.1, 0.15) is 51.0 Å². The second-order valence-corrected chi connectivity index (χ2v) is 9.51. The van der Waals surface area contributed by atoms with Crippen molar-refractivity contribution in [3.63, 3.8) is 0 Å². The van der Waals surface area contributed by atoms with Gasteiger partial charge in [0, 0.05) is 37.1 Å². The lowest BCUT2D eigenvalue weighted by atomic mass is 10.0. The Hall–Kier alpha value is -1.60. The quantitative estimate of drug-likeness (QED) is 0.858. The Balaban J connectivity index is 1.46. The van der Waals surface area contributed by atoms with E-state index in [1.54, 1.807) is 11.3 Å². The van der Waals surface area contributed by atoms with Gasteiger partial charge in [0.2, 0.25) is 5.91 Å². The molecule has 1 atom stereocenters. The summed E-state index contributed by atoms with van der Waals surface area (Å²) in [5, 5.41) is 5.07. The van der Waals surface area contributed by atoms with Gasteiger partial charge in [0.25, 0.3) is 0 Å². The Bertz CT molecular complexity index is 674. The Morgan fingerprint density at radius 1 is 1.26 bits per heavy atom. The van der Waals surface area contributed by atoms with E-state index < -0.39 is 5.60 Å². The van der Waals surface area contributed by atoms with Crippen molar-refractivity contribution in [2.45, 2.75) is 71.2 Å². The van der Waals surface area contributed by atoms with Crippen molar-refractivity contribution in [3.05, 3.63) is 21.9 Å². The highest BCUT2D eigenvalue weighted by molar-refractivity contribution is 7.10. The van der Waals surface area contributed by atoms with Crippen LogP contribution in [0.15, 0.2) is 11.4 Å². The number of amides is 2. The van der Waals surface area contributed by atoms with Crippen LogP contribution in [0.4, 0.5) is 4.79 Å². The third-order valence-corrected chi connectivity index (χ3v) is 6.30. The first-order valence-electron chi connectivity index (χ1n) is 9.80. The first kappa shape index (κ1) is 20.1. The summed E-state index contributed by atoms with van der Waals surface area (Å²) in [6.07, 6.45) is 2.29. The Labute approximate surface area is 165 Å². The number of ether oxygens (including phenoxy) is 1. The molecular formula is C20H31N3O3S. The van der Waals surface area contributed by atoms with E-state index in [0.29, 0.717) is 0 Å². The number of hydrogen-bond donors (Lipinski definition) is 1. The summed E-state index contributed by atoms with van der Waals surface area (Å²) in [7, 11) is 0. The maximum Gasteiger partial charge on any atom is 0.407 e. The molecule has 2 aliphatic rings. The zero-order valence-electron chi connectivity index (χ0n) is 16.8. The van der Waals surface area contributed by atoms with Crippen LogP contribution < -0.4 is 5.32 Å². The van der Waals surface area contributed by atoms with Gasteiger partial charge in [0.15, 0.2) is 0 Å². The van der Waals surface area contributed by atoms with Crippen molar-refractivity contribution < 1.29 is 14.3 Å². The summed E-state index contributed by atoms with van der Waals surface area (Å²) in [6, 6.07) is 2.13. The van der Waals surface area contributed by atoms with Crippen LogP contribution in [0.3, 0.4) is 0 Å². The number of carbonyl (C=O) groups excluding carboxylic acids is 2. The van der Waals surface area contributed by atoms with Crippen LogP contribution >= 0.6 is 11.3 Å². The van der Waals surface area contributed by atoms with E-state index in [1.807, 2.05) is 32.6 Å². The van der Waals surface area contributed by atoms with Gasteiger partial charge in [-0.05, 0) is 64.0 Å². The summed E-state index contributed by atoms with van der Waals surface area (Å²) in [5.41, 5.74) is 0.815. The standard InChI is InChI=1S/C20H31N3O3S/c1-14(18(24)23-11-7-17-15(13-23)8-12-27-17)22-9-5-16(6-10-22)21-19(25)26-20(2,3)4/h8,12,14,16H,5-7,9-11,13H2,1-4H3,(H,21,25). The van der Waals surface area contributed by atoms with Crippen LogP contribution in [0, 0.1) is 0 Å². The molecule has 27 heavy (non-hydrogen) atoms. The SMILES string of the molecule is CC(C(=O)N1CCc2sccc2C1)N1CCC(NC(=O)OC(C)(C)C)CC1. The van der Waals surface area contributed by atoms with E-state index in [-0.39, 0.29) is 24.1 Å². The number of thiophene rings is 1. The van der Waals surface area contributed by atoms with Gasteiger partial charge in [-0.15, -0.1) is 11.3 Å². The van der Waals surface area contributed by atoms with Gasteiger partial charge in [-0.1, -0.05) is 0 Å². The van der Waals surface area contributed by atoms with Crippen molar-refractivity contribution >= 4 is 23.3 Å². The number of nitrogens with zero attached hydrogens (tertiary/aromatic N) is 2. The minimum Gasteiger partial charge on any atom is -0.444 e. The molecule has 1 fully saturated rings. The Morgan fingerprint density at radius 3 is 2.63 bits per heavy atom. The summed E-state index contributed by atoms with van der Waals surface area (Å²) in [5.74, 6) is 0.213. The summed E-state index contributed by atoms with van der Waals surface area (Å²) in [6.45, 7) is 10.8. The molecule has 2 amide bonds. The lowest BCUT2D eigenvalue weighted by Crippen LogP contribution is -2.53. The molecule has 2 aliphatic heterocycles. The number of likely N-dealkylation sites (tertiary alicyclic amines) is 1. The van der Waals surface area contributed by atoms with Gasteiger partial charge in [-0.25, -0.2) is 4.79 Å². The van der Waals surface area contributed by atoms with Crippen LogP contribution in [0.5, 0.6) is 0 Å². The number of hydrogen-bond acceptors (Lipinski definition) is 5. The number of piperidine rings is 1. The smallest absolute Gasteiger partial charge is 0.407 e. The molecule has 0 saturated carbocycles. The van der Waals surface area contributed by atoms with Gasteiger partial charge in [-0.2, -0.15) is 0 Å². The normalized spacial score (nSPS) is 20.1. The molecule has 1 N–H and O–H groups in total. The fourth-order valence-electron chi connectivity index (χ4n) is 3.76.